The Morgan fingerprint density at radius 3 is 2.15 bits per heavy atom. The van der Waals surface area contributed by atoms with Crippen molar-refractivity contribution in [2.45, 2.75) is 103 Å². The van der Waals surface area contributed by atoms with E-state index in [0.717, 1.165) is 37.0 Å². The molecule has 0 aliphatic heterocycles. The van der Waals surface area contributed by atoms with Crippen LogP contribution in [0.25, 0.3) is 0 Å². The minimum absolute atomic E-state index is 0. The maximum atomic E-state index is 11.7. The van der Waals surface area contributed by atoms with E-state index in [0.29, 0.717) is 31.6 Å². The fourth-order valence-corrected chi connectivity index (χ4v) is 10.3. The van der Waals surface area contributed by atoms with Gasteiger partial charge in [-0.2, -0.15) is 13.3 Å². The van der Waals surface area contributed by atoms with Gasteiger partial charge in [0.05, 0.1) is 12.2 Å². The molecule has 4 aliphatic rings. The largest absolute Gasteiger partial charge is 0.359 e. The Morgan fingerprint density at radius 2 is 1.58 bits per heavy atom. The van der Waals surface area contributed by atoms with Crippen molar-refractivity contribution in [1.82, 2.24) is 0 Å². The van der Waals surface area contributed by atoms with Crippen molar-refractivity contribution in [3.05, 3.63) is 13.8 Å². The van der Waals surface area contributed by atoms with Gasteiger partial charge in [-0.1, -0.05) is 27.2 Å². The van der Waals surface area contributed by atoms with E-state index in [-0.39, 0.29) is 56.0 Å². The molecule has 0 saturated heterocycles. The summed E-state index contributed by atoms with van der Waals surface area (Å²) < 4.78 is 24.1. The third kappa shape index (κ3) is 5.43. The monoisotopic (exact) mass is 589 g/mol. The second kappa shape index (κ2) is 13.2. The summed E-state index contributed by atoms with van der Waals surface area (Å²) in [4.78, 5) is 0. The summed E-state index contributed by atoms with van der Waals surface area (Å²) in [5.41, 5.74) is 0.961. The molecule has 0 bridgehead atoms. The third-order valence-corrected chi connectivity index (χ3v) is 11.9. The average molecular weight is 589 g/mol. The Hall–Kier alpha value is 1.98. The molecule has 4 aliphatic carbocycles. The van der Waals surface area contributed by atoms with Gasteiger partial charge in [0.1, 0.15) is 0 Å². The molecule has 7 unspecified atom stereocenters. The Labute approximate surface area is 235 Å². The van der Waals surface area contributed by atoms with Crippen molar-refractivity contribution in [2.24, 2.45) is 46.3 Å². The molecular formula is C26H47O3P3Y-2. The number of hydrogen-bond donors (Lipinski definition) is 0. The number of rotatable bonds is 6. The van der Waals surface area contributed by atoms with Gasteiger partial charge in [0.25, 0.3) is 0 Å². The molecule has 7 heteroatoms. The molecule has 4 rings (SSSR count). The fraction of sp³-hybridized carbons (Fsp3) is 0.923. The van der Waals surface area contributed by atoms with Gasteiger partial charge in [-0.05, 0) is 91.3 Å². The normalized spacial score (nSPS) is 47.3. The van der Waals surface area contributed by atoms with Crippen LogP contribution in [0.4, 0.5) is 0 Å². The van der Waals surface area contributed by atoms with Crippen molar-refractivity contribution in [3.63, 3.8) is 0 Å². The van der Waals surface area contributed by atoms with Crippen LogP contribution in [0.3, 0.4) is 0 Å². The SMILES string of the molecule is [CH2-]C.[CH2-]CCC(C)C1CCC2C3C(CC[C@]12C)[C@@]1(C)CC[C@@H](P=O)C[C@H]1[C@H](OP)[C@@H]3OP.[Y]. The topological polar surface area (TPSA) is 35.5 Å². The zero-order valence-corrected chi connectivity index (χ0v) is 27.4. The maximum Gasteiger partial charge on any atom is 0.158 e. The Balaban J connectivity index is 0.00000125. The van der Waals surface area contributed by atoms with Crippen LogP contribution < -0.4 is 0 Å². The third-order valence-electron chi connectivity index (χ3n) is 10.6. The van der Waals surface area contributed by atoms with Crippen molar-refractivity contribution in [1.29, 1.82) is 0 Å². The summed E-state index contributed by atoms with van der Waals surface area (Å²) >= 11 is 0. The minimum Gasteiger partial charge on any atom is -0.359 e. The van der Waals surface area contributed by atoms with Gasteiger partial charge in [-0.15, -0.1) is 0 Å². The van der Waals surface area contributed by atoms with E-state index < -0.39 is 0 Å². The Morgan fingerprint density at radius 1 is 0.970 bits per heavy atom. The summed E-state index contributed by atoms with van der Waals surface area (Å²) in [6.45, 7) is 16.7. The molecule has 4 fully saturated rings. The summed E-state index contributed by atoms with van der Waals surface area (Å²) in [7, 11) is 5.45. The zero-order chi connectivity index (χ0) is 23.7. The number of hydrogen-bond acceptors (Lipinski definition) is 3. The first-order chi connectivity index (χ1) is 15.4. The van der Waals surface area contributed by atoms with E-state index >= 15 is 0 Å². The van der Waals surface area contributed by atoms with Crippen LogP contribution in [0.2, 0.25) is 0 Å². The van der Waals surface area contributed by atoms with Crippen LogP contribution >= 0.6 is 27.4 Å². The van der Waals surface area contributed by atoms with E-state index in [4.69, 9.17) is 9.05 Å². The molecule has 1 radical (unpaired) electrons. The summed E-state index contributed by atoms with van der Waals surface area (Å²) in [6.07, 6.45) is 11.1. The smallest absolute Gasteiger partial charge is 0.158 e. The summed E-state index contributed by atoms with van der Waals surface area (Å²) in [5, 5.41) is 0. The van der Waals surface area contributed by atoms with Crippen LogP contribution in [0.1, 0.15) is 85.5 Å². The van der Waals surface area contributed by atoms with Gasteiger partial charge in [-0.25, -0.2) is 0 Å². The molecular weight excluding hydrogens is 542 g/mol. The molecule has 13 atom stereocenters. The molecule has 3 nitrogen and oxygen atoms in total. The molecule has 0 amide bonds. The summed E-state index contributed by atoms with van der Waals surface area (Å²) in [5.74, 6) is 3.96. The first-order valence-electron chi connectivity index (χ1n) is 12.9. The summed E-state index contributed by atoms with van der Waals surface area (Å²) in [6, 6.07) is 0. The van der Waals surface area contributed by atoms with Gasteiger partial charge in [0.15, 0.2) is 8.46 Å². The van der Waals surface area contributed by atoms with Crippen LogP contribution in [-0.4, -0.2) is 17.9 Å². The van der Waals surface area contributed by atoms with Gasteiger partial charge in [-0.3, -0.25) is 4.57 Å². The Kier molecular flexibility index (Phi) is 12.5. The molecule has 0 aromatic rings. The first kappa shape index (κ1) is 31.2. The van der Waals surface area contributed by atoms with Crippen LogP contribution in [0.15, 0.2) is 0 Å². The number of fused-ring (bicyclic) bond motifs is 5. The fourth-order valence-electron chi connectivity index (χ4n) is 9.12. The van der Waals surface area contributed by atoms with Gasteiger partial charge in [0, 0.05) is 57.3 Å². The van der Waals surface area contributed by atoms with E-state index in [9.17, 15) is 4.57 Å². The Bertz CT molecular complexity index is 640. The zero-order valence-electron chi connectivity index (χ0n) is 21.4. The first-order valence-corrected chi connectivity index (χ1v) is 14.7. The molecule has 0 spiro atoms. The average Bonchev–Trinajstić information content (AvgIpc) is 3.16. The van der Waals surface area contributed by atoms with Gasteiger partial charge >= 0.3 is 0 Å². The van der Waals surface area contributed by atoms with E-state index in [1.165, 1.54) is 38.5 Å². The molecule has 189 valence electrons. The minimum atomic E-state index is 0. The van der Waals surface area contributed by atoms with Crippen molar-refractivity contribution in [2.75, 3.05) is 0 Å². The molecule has 0 heterocycles. The van der Waals surface area contributed by atoms with E-state index in [1.807, 2.05) is 0 Å². The van der Waals surface area contributed by atoms with Crippen molar-refractivity contribution >= 4 is 27.4 Å². The van der Waals surface area contributed by atoms with Crippen LogP contribution in [-0.2, 0) is 46.3 Å². The quantitative estimate of drug-likeness (QED) is 0.233. The van der Waals surface area contributed by atoms with Crippen LogP contribution in [0, 0.1) is 60.2 Å². The predicted octanol–water partition coefficient (Wildman–Crippen LogP) is 7.96. The van der Waals surface area contributed by atoms with Crippen molar-refractivity contribution in [3.8, 4) is 0 Å². The molecule has 0 N–H and O–H groups in total. The van der Waals surface area contributed by atoms with Crippen LogP contribution in [0.5, 0.6) is 0 Å². The molecule has 0 aromatic heterocycles. The molecule has 33 heavy (non-hydrogen) atoms. The maximum absolute atomic E-state index is 11.7. The molecule has 4 saturated carbocycles. The van der Waals surface area contributed by atoms with E-state index in [1.54, 1.807) is 6.92 Å². The second-order valence-corrected chi connectivity index (χ2v) is 13.0. The van der Waals surface area contributed by atoms with Gasteiger partial charge in [0.2, 0.25) is 0 Å². The standard InChI is InChI=1S/C24H42O3P3.C2H5.Y/c1-5-6-14(2)16-7-8-17-20-18(10-12-23(16,17)3)24(4)11-9-15(30-25)13-19(24)21(26-28)22(20)27-29;1-2;/h14-22H,1,5-13,28-29H2,2-4H3;1H2,2H3;/q2*-1;/t14?,15-,16?,17?,18?,19+,20?,21+,22-,23-,24-;;/m1../s1. The van der Waals surface area contributed by atoms with Crippen molar-refractivity contribution < 1.29 is 46.3 Å². The second-order valence-electron chi connectivity index (χ2n) is 11.5. The van der Waals surface area contributed by atoms with E-state index in [2.05, 4.69) is 53.6 Å². The van der Waals surface area contributed by atoms with Gasteiger partial charge < -0.3 is 22.9 Å². The predicted molar refractivity (Wildman–Crippen MR) is 141 cm³/mol. The molecule has 0 aromatic carbocycles.